The Labute approximate surface area is 149 Å². The van der Waals surface area contributed by atoms with E-state index >= 15 is 0 Å². The molecule has 0 saturated heterocycles. The molecule has 2 aromatic heterocycles. The lowest BCUT2D eigenvalue weighted by atomic mass is 10.0. The van der Waals surface area contributed by atoms with Gasteiger partial charge in [-0.1, -0.05) is 12.1 Å². The molecule has 0 amide bonds. The highest BCUT2D eigenvalue weighted by molar-refractivity contribution is 5.77. The van der Waals surface area contributed by atoms with E-state index in [1.165, 1.54) is 16.7 Å². The fourth-order valence-corrected chi connectivity index (χ4v) is 3.01. The first-order chi connectivity index (χ1) is 12.5. The minimum atomic E-state index is -1.28. The molecular formula is C18H21N3O5. The van der Waals surface area contributed by atoms with Gasteiger partial charge in [0, 0.05) is 25.5 Å². The van der Waals surface area contributed by atoms with Crippen molar-refractivity contribution < 1.29 is 25.5 Å². The number of aromatic hydroxyl groups is 3. The molecule has 2 heterocycles. The molecule has 0 aliphatic heterocycles. The number of hydrogen-bond donors (Lipinski definition) is 5. The van der Waals surface area contributed by atoms with Crippen molar-refractivity contribution in [1.29, 1.82) is 0 Å². The second kappa shape index (κ2) is 7.51. The third kappa shape index (κ3) is 3.37. The molecular weight excluding hydrogens is 338 g/mol. The molecule has 0 saturated carbocycles. The van der Waals surface area contributed by atoms with Crippen LogP contribution in [0.15, 0.2) is 43.0 Å². The fourth-order valence-electron chi connectivity index (χ4n) is 3.01. The number of phenolic OH excluding ortho intramolecular Hbond substituents is 1. The van der Waals surface area contributed by atoms with Crippen LogP contribution in [0.25, 0.3) is 11.1 Å². The number of imidazole rings is 1. The number of nitrogens with zero attached hydrogens (tertiary/aromatic N) is 3. The summed E-state index contributed by atoms with van der Waals surface area (Å²) in [5, 5.41) is 49.9. The number of aromatic nitrogens is 3. The van der Waals surface area contributed by atoms with Crippen LogP contribution >= 0.6 is 0 Å². The number of hydrogen-bond acceptors (Lipinski definition) is 6. The summed E-state index contributed by atoms with van der Waals surface area (Å²) in [7, 11) is 0. The SMILES string of the molecule is OCC(O)c1c(-c2ccc(O)cc2)c(O)c(O)n1CCCn1ccnc1. The quantitative estimate of drug-likeness (QED) is 0.436. The molecule has 3 aromatic rings. The van der Waals surface area contributed by atoms with Crippen molar-refractivity contribution in [3.63, 3.8) is 0 Å². The highest BCUT2D eigenvalue weighted by Crippen LogP contribution is 2.45. The van der Waals surface area contributed by atoms with Crippen LogP contribution < -0.4 is 0 Å². The maximum Gasteiger partial charge on any atom is 0.235 e. The van der Waals surface area contributed by atoms with Gasteiger partial charge in [0.15, 0.2) is 5.75 Å². The molecule has 5 N–H and O–H groups in total. The Morgan fingerprint density at radius 1 is 1.04 bits per heavy atom. The van der Waals surface area contributed by atoms with Crippen molar-refractivity contribution in [2.75, 3.05) is 6.61 Å². The zero-order chi connectivity index (χ0) is 18.7. The summed E-state index contributed by atoms with van der Waals surface area (Å²) >= 11 is 0. The van der Waals surface area contributed by atoms with Gasteiger partial charge in [-0.15, -0.1) is 0 Å². The Hall–Kier alpha value is -2.97. The number of benzene rings is 1. The van der Waals surface area contributed by atoms with Crippen molar-refractivity contribution in [2.24, 2.45) is 0 Å². The molecule has 0 fully saturated rings. The normalized spacial score (nSPS) is 12.4. The molecule has 26 heavy (non-hydrogen) atoms. The fraction of sp³-hybridized carbons (Fsp3) is 0.278. The third-order valence-electron chi connectivity index (χ3n) is 4.25. The summed E-state index contributed by atoms with van der Waals surface area (Å²) < 4.78 is 3.28. The summed E-state index contributed by atoms with van der Waals surface area (Å²) in [6, 6.07) is 6.01. The van der Waals surface area contributed by atoms with Gasteiger partial charge in [0.25, 0.3) is 0 Å². The zero-order valence-corrected chi connectivity index (χ0v) is 14.0. The lowest BCUT2D eigenvalue weighted by Crippen LogP contribution is -2.13. The van der Waals surface area contributed by atoms with Crippen LogP contribution in [0.3, 0.4) is 0 Å². The second-order valence-electron chi connectivity index (χ2n) is 5.98. The van der Waals surface area contributed by atoms with Crippen molar-refractivity contribution in [3.05, 3.63) is 48.7 Å². The zero-order valence-electron chi connectivity index (χ0n) is 14.0. The van der Waals surface area contributed by atoms with Crippen molar-refractivity contribution in [1.82, 2.24) is 14.1 Å². The van der Waals surface area contributed by atoms with Crippen molar-refractivity contribution >= 4 is 0 Å². The van der Waals surface area contributed by atoms with Gasteiger partial charge in [-0.05, 0) is 24.1 Å². The highest BCUT2D eigenvalue weighted by atomic mass is 16.3. The highest BCUT2D eigenvalue weighted by Gasteiger charge is 2.27. The Balaban J connectivity index is 1.97. The van der Waals surface area contributed by atoms with Gasteiger partial charge in [0.2, 0.25) is 5.88 Å². The van der Waals surface area contributed by atoms with E-state index in [0.717, 1.165) is 0 Å². The predicted octanol–water partition coefficient (Wildman–Crippen LogP) is 1.58. The van der Waals surface area contributed by atoms with E-state index in [9.17, 15) is 25.5 Å². The Bertz CT molecular complexity index is 856. The molecule has 0 radical (unpaired) electrons. The van der Waals surface area contributed by atoms with Gasteiger partial charge in [0.05, 0.1) is 24.2 Å². The number of rotatable bonds is 7. The minimum absolute atomic E-state index is 0.0569. The Kier molecular flexibility index (Phi) is 5.15. The van der Waals surface area contributed by atoms with Gasteiger partial charge in [-0.2, -0.15) is 0 Å². The van der Waals surface area contributed by atoms with Crippen molar-refractivity contribution in [2.45, 2.75) is 25.6 Å². The van der Waals surface area contributed by atoms with Crippen LogP contribution in [0.4, 0.5) is 0 Å². The first-order valence-corrected chi connectivity index (χ1v) is 8.21. The summed E-state index contributed by atoms with van der Waals surface area (Å²) in [6.07, 6.45) is 4.50. The van der Waals surface area contributed by atoms with Crippen LogP contribution in [0.5, 0.6) is 17.4 Å². The summed E-state index contributed by atoms with van der Waals surface area (Å²) in [5.41, 5.74) is 0.956. The van der Waals surface area contributed by atoms with Gasteiger partial charge < -0.3 is 34.7 Å². The Morgan fingerprint density at radius 2 is 1.77 bits per heavy atom. The van der Waals surface area contributed by atoms with Gasteiger partial charge >= 0.3 is 0 Å². The van der Waals surface area contributed by atoms with Gasteiger partial charge in [0.1, 0.15) is 11.9 Å². The maximum atomic E-state index is 10.4. The average molecular weight is 359 g/mol. The monoisotopic (exact) mass is 359 g/mol. The van der Waals surface area contributed by atoms with Crippen LogP contribution in [0.1, 0.15) is 18.2 Å². The van der Waals surface area contributed by atoms with E-state index in [0.29, 0.717) is 25.1 Å². The summed E-state index contributed by atoms with van der Waals surface area (Å²) in [6.45, 7) is 0.402. The average Bonchev–Trinajstić information content (AvgIpc) is 3.24. The predicted molar refractivity (Wildman–Crippen MR) is 93.8 cm³/mol. The molecule has 138 valence electrons. The molecule has 1 aromatic carbocycles. The molecule has 0 spiro atoms. The second-order valence-corrected chi connectivity index (χ2v) is 5.98. The first kappa shape index (κ1) is 17.8. The topological polar surface area (TPSA) is 124 Å². The molecule has 0 aliphatic carbocycles. The summed E-state index contributed by atoms with van der Waals surface area (Å²) in [5.74, 6) is -0.691. The third-order valence-corrected chi connectivity index (χ3v) is 4.25. The van der Waals surface area contributed by atoms with E-state index in [2.05, 4.69) is 4.98 Å². The number of aryl methyl sites for hydroxylation is 1. The molecule has 0 aliphatic rings. The molecule has 0 bridgehead atoms. The molecule has 1 unspecified atom stereocenters. The van der Waals surface area contributed by atoms with E-state index in [1.54, 1.807) is 24.7 Å². The standard InChI is InChI=1S/C18H21N3O5/c22-10-14(24)16-15(12-2-4-13(23)5-3-12)17(25)18(26)21(16)8-1-7-20-9-6-19-11-20/h2-6,9,11,14,22-26H,1,7-8,10H2. The van der Waals surface area contributed by atoms with Gasteiger partial charge in [-0.25, -0.2) is 4.98 Å². The molecule has 1 atom stereocenters. The van der Waals surface area contributed by atoms with Crippen LogP contribution in [0, 0.1) is 0 Å². The van der Waals surface area contributed by atoms with Crippen LogP contribution in [-0.2, 0) is 13.1 Å². The molecule has 8 nitrogen and oxygen atoms in total. The van der Waals surface area contributed by atoms with Gasteiger partial charge in [-0.3, -0.25) is 0 Å². The van der Waals surface area contributed by atoms with E-state index < -0.39 is 12.7 Å². The largest absolute Gasteiger partial charge is 0.508 e. The first-order valence-electron chi connectivity index (χ1n) is 8.21. The smallest absolute Gasteiger partial charge is 0.235 e. The van der Waals surface area contributed by atoms with Crippen LogP contribution in [0.2, 0.25) is 0 Å². The summed E-state index contributed by atoms with van der Waals surface area (Å²) in [4.78, 5) is 3.96. The number of aliphatic hydroxyl groups excluding tert-OH is 2. The lowest BCUT2D eigenvalue weighted by Gasteiger charge is -2.15. The lowest BCUT2D eigenvalue weighted by molar-refractivity contribution is 0.0888. The van der Waals surface area contributed by atoms with E-state index in [-0.39, 0.29) is 28.6 Å². The Morgan fingerprint density at radius 3 is 2.38 bits per heavy atom. The maximum absolute atomic E-state index is 10.4. The van der Waals surface area contributed by atoms with E-state index in [4.69, 9.17) is 0 Å². The van der Waals surface area contributed by atoms with Crippen molar-refractivity contribution in [3.8, 4) is 28.5 Å². The minimum Gasteiger partial charge on any atom is -0.508 e. The van der Waals surface area contributed by atoms with Crippen LogP contribution in [-0.4, -0.2) is 46.3 Å². The number of aliphatic hydroxyl groups is 2. The molecule has 3 rings (SSSR count). The number of phenols is 1. The molecule has 8 heteroatoms. The van der Waals surface area contributed by atoms with E-state index in [1.807, 2.05) is 10.8 Å².